The molecule has 0 aliphatic carbocycles. The molecule has 0 N–H and O–H groups in total. The quantitative estimate of drug-likeness (QED) is 0.195. The summed E-state index contributed by atoms with van der Waals surface area (Å²) in [4.78, 5) is 7.88. The van der Waals surface area contributed by atoms with Crippen LogP contribution in [0.25, 0.3) is 31.2 Å². The third-order valence-corrected chi connectivity index (χ3v) is 8.26. The molecule has 0 fully saturated rings. The number of rotatable bonds is 6. The highest BCUT2D eigenvalue weighted by Gasteiger charge is 2.38. The minimum atomic E-state index is -0.828. The topological polar surface area (TPSA) is 91.9 Å². The third kappa shape index (κ3) is 4.92. The second kappa shape index (κ2) is 10.3. The van der Waals surface area contributed by atoms with Crippen LogP contribution in [0.5, 0.6) is 0 Å². The maximum Gasteiger partial charge on any atom is 0.237 e. The van der Waals surface area contributed by atoms with Crippen molar-refractivity contribution in [3.63, 3.8) is 0 Å². The highest BCUT2D eigenvalue weighted by atomic mass is 32.1. The fraction of sp³-hybridized carbons (Fsp3) is 0.138. The van der Waals surface area contributed by atoms with E-state index in [0.29, 0.717) is 12.1 Å². The van der Waals surface area contributed by atoms with Gasteiger partial charge in [0.05, 0.1) is 24.2 Å². The minimum absolute atomic E-state index is 0.0494. The second-order valence-electron chi connectivity index (χ2n) is 8.90. The number of aromatic nitrogens is 3. The van der Waals surface area contributed by atoms with Gasteiger partial charge in [0.2, 0.25) is 5.70 Å². The van der Waals surface area contributed by atoms with E-state index in [-0.39, 0.29) is 17.0 Å². The molecule has 38 heavy (non-hydrogen) atoms. The molecule has 0 radical (unpaired) electrons. The number of nitrogens with zero attached hydrogens (tertiary/aromatic N) is 6. The predicted octanol–water partition coefficient (Wildman–Crippen LogP) is 7.08. The standard InChI is InChI=1S/C29H20N6OS2/c1-29(2)22(27(32-3)28(36-29)20(15-30)16-31)11-9-21-10-12-25(37-21)26-14-13-24(38-26)23-18-35(34-33-23)17-19-7-5-4-6-8-19/h4-14,18H,17H2,1-2H3/b11-9+. The van der Waals surface area contributed by atoms with Gasteiger partial charge in [-0.15, -0.1) is 27.8 Å². The normalized spacial score (nSPS) is 14.2. The maximum atomic E-state index is 9.25. The third-order valence-electron chi connectivity index (χ3n) is 5.91. The van der Waals surface area contributed by atoms with Crippen LogP contribution in [0.4, 0.5) is 0 Å². The van der Waals surface area contributed by atoms with E-state index in [1.165, 1.54) is 5.56 Å². The van der Waals surface area contributed by atoms with Crippen molar-refractivity contribution < 1.29 is 4.74 Å². The van der Waals surface area contributed by atoms with E-state index in [1.807, 2.05) is 73.3 Å². The Bertz CT molecular complexity index is 1710. The summed E-state index contributed by atoms with van der Waals surface area (Å²) in [7, 11) is 0. The summed E-state index contributed by atoms with van der Waals surface area (Å²) in [5.41, 5.74) is 1.82. The zero-order valence-corrected chi connectivity index (χ0v) is 22.2. The first-order chi connectivity index (χ1) is 18.4. The van der Waals surface area contributed by atoms with E-state index in [2.05, 4.69) is 45.5 Å². The summed E-state index contributed by atoms with van der Waals surface area (Å²) < 4.78 is 7.68. The molecule has 0 spiro atoms. The van der Waals surface area contributed by atoms with Crippen LogP contribution in [0, 0.1) is 29.2 Å². The average molecular weight is 533 g/mol. The van der Waals surface area contributed by atoms with Gasteiger partial charge in [-0.3, -0.25) is 0 Å². The number of ether oxygens (including phenoxy) is 1. The first-order valence-corrected chi connectivity index (χ1v) is 13.2. The van der Waals surface area contributed by atoms with E-state index < -0.39 is 5.60 Å². The molecule has 0 atom stereocenters. The van der Waals surface area contributed by atoms with Crippen molar-refractivity contribution in [3.8, 4) is 32.5 Å². The molecule has 0 unspecified atom stereocenters. The molecule has 0 saturated heterocycles. The van der Waals surface area contributed by atoms with Crippen molar-refractivity contribution in [2.45, 2.75) is 26.0 Å². The van der Waals surface area contributed by atoms with Gasteiger partial charge in [0.1, 0.15) is 23.4 Å². The molecule has 1 aliphatic heterocycles. The summed E-state index contributed by atoms with van der Waals surface area (Å²) >= 11 is 3.30. The Morgan fingerprint density at radius 2 is 1.74 bits per heavy atom. The van der Waals surface area contributed by atoms with Gasteiger partial charge in [-0.2, -0.15) is 10.5 Å². The molecule has 4 heterocycles. The monoisotopic (exact) mass is 532 g/mol. The number of nitriles is 2. The van der Waals surface area contributed by atoms with E-state index in [0.717, 1.165) is 25.2 Å². The molecule has 9 heteroatoms. The van der Waals surface area contributed by atoms with E-state index in [1.54, 1.807) is 22.7 Å². The van der Waals surface area contributed by atoms with Crippen LogP contribution < -0.4 is 0 Å². The van der Waals surface area contributed by atoms with Gasteiger partial charge in [0.15, 0.2) is 11.3 Å². The highest BCUT2D eigenvalue weighted by Crippen LogP contribution is 2.42. The minimum Gasteiger partial charge on any atom is -0.493 e. The molecule has 0 saturated carbocycles. The molecule has 5 rings (SSSR count). The molecule has 7 nitrogen and oxygen atoms in total. The summed E-state index contributed by atoms with van der Waals surface area (Å²) in [5.74, 6) is 0.0494. The van der Waals surface area contributed by atoms with Crippen molar-refractivity contribution >= 4 is 28.7 Å². The molecular weight excluding hydrogens is 512 g/mol. The lowest BCUT2D eigenvalue weighted by atomic mass is 9.97. The van der Waals surface area contributed by atoms with Gasteiger partial charge in [0, 0.05) is 20.2 Å². The zero-order chi connectivity index (χ0) is 26.7. The van der Waals surface area contributed by atoms with Gasteiger partial charge in [0.25, 0.3) is 0 Å². The molecule has 0 bridgehead atoms. The van der Waals surface area contributed by atoms with Crippen LogP contribution in [-0.2, 0) is 11.3 Å². The van der Waals surface area contributed by atoms with E-state index >= 15 is 0 Å². The second-order valence-corrected chi connectivity index (χ2v) is 11.1. The summed E-state index contributed by atoms with van der Waals surface area (Å²) in [6, 6.07) is 22.1. The van der Waals surface area contributed by atoms with Gasteiger partial charge in [-0.05, 0) is 49.8 Å². The Morgan fingerprint density at radius 1 is 1.03 bits per heavy atom. The molecule has 4 aromatic rings. The van der Waals surface area contributed by atoms with Crippen molar-refractivity contribution in [3.05, 3.63) is 111 Å². The molecule has 3 aromatic heterocycles. The van der Waals surface area contributed by atoms with Crippen molar-refractivity contribution in [2.75, 3.05) is 0 Å². The lowest BCUT2D eigenvalue weighted by molar-refractivity contribution is 0.0954. The Morgan fingerprint density at radius 3 is 2.47 bits per heavy atom. The number of hydrogen-bond acceptors (Lipinski definition) is 7. The maximum absolute atomic E-state index is 9.25. The van der Waals surface area contributed by atoms with Crippen LogP contribution in [0.2, 0.25) is 0 Å². The highest BCUT2D eigenvalue weighted by molar-refractivity contribution is 7.24. The molecule has 1 aromatic carbocycles. The van der Waals surface area contributed by atoms with Crippen molar-refractivity contribution in [2.24, 2.45) is 0 Å². The van der Waals surface area contributed by atoms with Crippen LogP contribution >= 0.6 is 22.7 Å². The average Bonchev–Trinajstić information content (AvgIpc) is 3.70. The predicted molar refractivity (Wildman–Crippen MR) is 148 cm³/mol. The number of thiophene rings is 2. The zero-order valence-electron chi connectivity index (χ0n) is 20.5. The molecule has 184 valence electrons. The van der Waals surface area contributed by atoms with Crippen molar-refractivity contribution in [1.29, 1.82) is 10.5 Å². The Balaban J connectivity index is 1.35. The van der Waals surface area contributed by atoms with Crippen LogP contribution in [0.3, 0.4) is 0 Å². The summed E-state index contributed by atoms with van der Waals surface area (Å²) in [6.07, 6.45) is 5.74. The number of benzene rings is 1. The summed E-state index contributed by atoms with van der Waals surface area (Å²) in [5, 5.41) is 27.1. The van der Waals surface area contributed by atoms with Crippen LogP contribution in [0.1, 0.15) is 24.3 Å². The van der Waals surface area contributed by atoms with E-state index in [9.17, 15) is 10.5 Å². The SMILES string of the molecule is [C-]#[N+]C1=C(/C=C/c2ccc(-c3ccc(-c4cn(Cc5ccccc5)nn4)s3)s2)C(C)(C)OC1=C(C#N)C#N. The Kier molecular flexibility index (Phi) is 6.77. The van der Waals surface area contributed by atoms with Gasteiger partial charge in [-0.1, -0.05) is 41.6 Å². The molecule has 1 aliphatic rings. The Hall–Kier alpha value is -4.75. The number of allylic oxidation sites excluding steroid dienone is 1. The van der Waals surface area contributed by atoms with Crippen LogP contribution in [0.15, 0.2) is 89.5 Å². The van der Waals surface area contributed by atoms with Gasteiger partial charge >= 0.3 is 0 Å². The first-order valence-electron chi connectivity index (χ1n) is 11.6. The smallest absolute Gasteiger partial charge is 0.237 e. The lowest BCUT2D eigenvalue weighted by Crippen LogP contribution is -2.20. The molecule has 0 amide bonds. The largest absolute Gasteiger partial charge is 0.493 e. The fourth-order valence-electron chi connectivity index (χ4n) is 4.06. The first kappa shape index (κ1) is 24.9. The lowest BCUT2D eigenvalue weighted by Gasteiger charge is -2.21. The number of hydrogen-bond donors (Lipinski definition) is 0. The Labute approximate surface area is 228 Å². The van der Waals surface area contributed by atoms with E-state index in [4.69, 9.17) is 11.3 Å². The van der Waals surface area contributed by atoms with Gasteiger partial charge < -0.3 is 4.74 Å². The van der Waals surface area contributed by atoms with Crippen molar-refractivity contribution in [1.82, 2.24) is 15.0 Å². The van der Waals surface area contributed by atoms with Crippen LogP contribution in [-0.4, -0.2) is 20.6 Å². The fourth-order valence-corrected chi connectivity index (χ4v) is 6.02. The van der Waals surface area contributed by atoms with Gasteiger partial charge in [-0.25, -0.2) is 9.53 Å². The summed E-state index contributed by atoms with van der Waals surface area (Å²) in [6.45, 7) is 11.9. The molecular formula is C29H20N6OS2.